The second-order valence-corrected chi connectivity index (χ2v) is 7.39. The Balaban J connectivity index is 1.46. The summed E-state index contributed by atoms with van der Waals surface area (Å²) in [5.74, 6) is -0.235. The molecule has 0 saturated heterocycles. The maximum atomic E-state index is 12.8. The maximum Gasteiger partial charge on any atom is 0.333 e. The summed E-state index contributed by atoms with van der Waals surface area (Å²) in [6.45, 7) is 2.49. The molecule has 3 aromatic rings. The molecule has 0 bridgehead atoms. The molecule has 0 aromatic heterocycles. The highest BCUT2D eigenvalue weighted by molar-refractivity contribution is 5.97. The zero-order valence-electron chi connectivity index (χ0n) is 19.4. The number of hydrogen-bond donors (Lipinski definition) is 2. The highest BCUT2D eigenvalue weighted by atomic mass is 16.5. The van der Waals surface area contributed by atoms with E-state index in [0.29, 0.717) is 23.5 Å². The Morgan fingerprint density at radius 2 is 1.40 bits per heavy atom. The molecular formula is C27H28N2O6. The van der Waals surface area contributed by atoms with Gasteiger partial charge in [-0.15, -0.1) is 0 Å². The number of carbonyl (C=O) groups is 3. The van der Waals surface area contributed by atoms with Crippen molar-refractivity contribution >= 4 is 17.8 Å². The van der Waals surface area contributed by atoms with E-state index in [9.17, 15) is 14.4 Å². The minimum absolute atomic E-state index is 0.233. The predicted octanol–water partition coefficient (Wildman–Crippen LogP) is 3.29. The Labute approximate surface area is 204 Å². The predicted molar refractivity (Wildman–Crippen MR) is 130 cm³/mol. The molecule has 2 N–H and O–H groups in total. The molecule has 182 valence electrons. The minimum atomic E-state index is -1.06. The van der Waals surface area contributed by atoms with Crippen molar-refractivity contribution in [2.75, 3.05) is 26.4 Å². The molecule has 3 aromatic carbocycles. The second-order valence-electron chi connectivity index (χ2n) is 7.39. The monoisotopic (exact) mass is 476 g/mol. The average Bonchev–Trinajstić information content (AvgIpc) is 2.90. The van der Waals surface area contributed by atoms with E-state index in [4.69, 9.17) is 14.2 Å². The number of amides is 2. The van der Waals surface area contributed by atoms with Gasteiger partial charge in [-0.1, -0.05) is 48.5 Å². The Hall–Kier alpha value is -4.33. The van der Waals surface area contributed by atoms with Gasteiger partial charge in [0.25, 0.3) is 11.8 Å². The van der Waals surface area contributed by atoms with Gasteiger partial charge in [0, 0.05) is 5.56 Å². The van der Waals surface area contributed by atoms with Crippen LogP contribution in [0.5, 0.6) is 11.5 Å². The number of nitrogens with one attached hydrogen (secondary N) is 2. The summed E-state index contributed by atoms with van der Waals surface area (Å²) in [6.07, 6.45) is 0. The largest absolute Gasteiger partial charge is 0.494 e. The summed E-state index contributed by atoms with van der Waals surface area (Å²) >= 11 is 0. The van der Waals surface area contributed by atoms with Gasteiger partial charge in [-0.2, -0.15) is 0 Å². The van der Waals surface area contributed by atoms with Gasteiger partial charge in [0.1, 0.15) is 18.1 Å². The van der Waals surface area contributed by atoms with Gasteiger partial charge < -0.3 is 24.8 Å². The van der Waals surface area contributed by atoms with Crippen molar-refractivity contribution < 1.29 is 28.6 Å². The number of esters is 1. The normalized spacial score (nSPS) is 11.1. The van der Waals surface area contributed by atoms with Crippen molar-refractivity contribution in [1.29, 1.82) is 0 Å². The molecule has 0 aliphatic rings. The molecule has 8 nitrogen and oxygen atoms in total. The van der Waals surface area contributed by atoms with E-state index in [1.807, 2.05) is 6.92 Å². The summed E-state index contributed by atoms with van der Waals surface area (Å²) in [4.78, 5) is 37.5. The van der Waals surface area contributed by atoms with Crippen LogP contribution >= 0.6 is 0 Å². The molecule has 1 atom stereocenters. The lowest BCUT2D eigenvalue weighted by molar-refractivity contribution is -0.150. The molecular weight excluding hydrogens is 448 g/mol. The van der Waals surface area contributed by atoms with E-state index in [2.05, 4.69) is 10.6 Å². The molecule has 35 heavy (non-hydrogen) atoms. The average molecular weight is 477 g/mol. The highest BCUT2D eigenvalue weighted by Crippen LogP contribution is 2.17. The molecule has 0 spiro atoms. The zero-order chi connectivity index (χ0) is 24.9. The molecule has 0 aliphatic heterocycles. The fourth-order valence-electron chi connectivity index (χ4n) is 3.16. The molecule has 1 unspecified atom stereocenters. The van der Waals surface area contributed by atoms with Crippen LogP contribution in [0.1, 0.15) is 28.9 Å². The van der Waals surface area contributed by atoms with Crippen LogP contribution in [0.4, 0.5) is 0 Å². The molecule has 2 amide bonds. The van der Waals surface area contributed by atoms with Crippen molar-refractivity contribution in [2.24, 2.45) is 0 Å². The molecule has 3 rings (SSSR count). The van der Waals surface area contributed by atoms with Crippen LogP contribution in [-0.4, -0.2) is 44.1 Å². The van der Waals surface area contributed by atoms with Gasteiger partial charge in [0.15, 0.2) is 12.6 Å². The van der Waals surface area contributed by atoms with Crippen LogP contribution < -0.4 is 20.1 Å². The fourth-order valence-corrected chi connectivity index (χ4v) is 3.16. The molecule has 0 saturated carbocycles. The number of hydrogen-bond acceptors (Lipinski definition) is 6. The van der Waals surface area contributed by atoms with Crippen LogP contribution in [0.25, 0.3) is 0 Å². The number of ether oxygens (including phenoxy) is 3. The van der Waals surface area contributed by atoms with Crippen molar-refractivity contribution in [2.45, 2.75) is 13.0 Å². The van der Waals surface area contributed by atoms with E-state index >= 15 is 0 Å². The van der Waals surface area contributed by atoms with Crippen LogP contribution in [0.3, 0.4) is 0 Å². The van der Waals surface area contributed by atoms with Crippen molar-refractivity contribution in [3.05, 3.63) is 96.1 Å². The standard InChI is InChI=1S/C27H28N2O6/c1-2-33-22-13-15-23(16-14-22)34-18-17-28-24(30)19-35-27(32)25(20-9-5-3-6-10-20)29-26(31)21-11-7-4-8-12-21/h3-16,25H,2,17-19H2,1H3,(H,28,30)(H,29,31). The topological polar surface area (TPSA) is 103 Å². The Morgan fingerprint density at radius 3 is 2.03 bits per heavy atom. The van der Waals surface area contributed by atoms with Crippen molar-refractivity contribution in [3.8, 4) is 11.5 Å². The van der Waals surface area contributed by atoms with Crippen molar-refractivity contribution in [3.63, 3.8) is 0 Å². The summed E-state index contributed by atoms with van der Waals surface area (Å²) in [5, 5.41) is 5.31. The molecule has 0 aliphatic carbocycles. The summed E-state index contributed by atoms with van der Waals surface area (Å²) in [5.41, 5.74) is 0.956. The van der Waals surface area contributed by atoms with Gasteiger partial charge in [-0.25, -0.2) is 4.79 Å². The van der Waals surface area contributed by atoms with Crippen molar-refractivity contribution in [1.82, 2.24) is 10.6 Å². The summed E-state index contributed by atoms with van der Waals surface area (Å²) < 4.78 is 16.1. The van der Waals surface area contributed by atoms with Gasteiger partial charge in [-0.05, 0) is 48.9 Å². The van der Waals surface area contributed by atoms with E-state index in [1.165, 1.54) is 0 Å². The third-order valence-electron chi connectivity index (χ3n) is 4.85. The summed E-state index contributed by atoms with van der Waals surface area (Å²) in [7, 11) is 0. The van der Waals surface area contributed by atoms with Gasteiger partial charge in [0.2, 0.25) is 0 Å². The number of benzene rings is 3. The molecule has 0 radical (unpaired) electrons. The minimum Gasteiger partial charge on any atom is -0.494 e. The number of rotatable bonds is 12. The van der Waals surface area contributed by atoms with E-state index in [-0.39, 0.29) is 13.2 Å². The molecule has 0 fully saturated rings. The summed E-state index contributed by atoms with van der Waals surface area (Å²) in [6, 6.07) is 23.4. The van der Waals surface area contributed by atoms with E-state index in [1.54, 1.807) is 84.9 Å². The first-order valence-electron chi connectivity index (χ1n) is 11.3. The highest BCUT2D eigenvalue weighted by Gasteiger charge is 2.25. The van der Waals surface area contributed by atoms with Crippen LogP contribution in [-0.2, 0) is 14.3 Å². The lowest BCUT2D eigenvalue weighted by Crippen LogP contribution is -2.37. The first kappa shape index (κ1) is 25.3. The molecule has 8 heteroatoms. The van der Waals surface area contributed by atoms with E-state index in [0.717, 1.165) is 5.75 Å². The second kappa shape index (κ2) is 13.4. The Bertz CT molecular complexity index is 1090. The van der Waals surface area contributed by atoms with Gasteiger partial charge in [-0.3, -0.25) is 9.59 Å². The number of carbonyl (C=O) groups excluding carboxylic acids is 3. The first-order valence-corrected chi connectivity index (χ1v) is 11.3. The van der Waals surface area contributed by atoms with E-state index < -0.39 is 30.4 Å². The van der Waals surface area contributed by atoms with Crippen LogP contribution in [0.2, 0.25) is 0 Å². The third-order valence-corrected chi connectivity index (χ3v) is 4.85. The lowest BCUT2D eigenvalue weighted by atomic mass is 10.1. The third kappa shape index (κ3) is 8.19. The van der Waals surface area contributed by atoms with Gasteiger partial charge >= 0.3 is 5.97 Å². The lowest BCUT2D eigenvalue weighted by Gasteiger charge is -2.18. The Kier molecular flexibility index (Phi) is 9.68. The van der Waals surface area contributed by atoms with Crippen LogP contribution in [0.15, 0.2) is 84.9 Å². The first-order chi connectivity index (χ1) is 17.1. The Morgan fingerprint density at radius 1 is 0.800 bits per heavy atom. The van der Waals surface area contributed by atoms with Crippen LogP contribution in [0, 0.1) is 0 Å². The maximum absolute atomic E-state index is 12.8. The SMILES string of the molecule is CCOc1ccc(OCCNC(=O)COC(=O)C(NC(=O)c2ccccc2)c2ccccc2)cc1. The fraction of sp³-hybridized carbons (Fsp3) is 0.222. The zero-order valence-corrected chi connectivity index (χ0v) is 19.4. The van der Waals surface area contributed by atoms with Gasteiger partial charge in [0.05, 0.1) is 13.2 Å². The molecule has 0 heterocycles. The quantitative estimate of drug-likeness (QED) is 0.307. The smallest absolute Gasteiger partial charge is 0.333 e.